The fourth-order valence-electron chi connectivity index (χ4n) is 2.58. The predicted octanol–water partition coefficient (Wildman–Crippen LogP) is 3.11. The zero-order valence-corrected chi connectivity index (χ0v) is 15.3. The fraction of sp³-hybridized carbons (Fsp3) is 0.611. The molecule has 0 aromatic heterocycles. The highest BCUT2D eigenvalue weighted by atomic mass is 19.4. The third-order valence-corrected chi connectivity index (χ3v) is 4.53. The van der Waals surface area contributed by atoms with Gasteiger partial charge in [0.2, 0.25) is 5.91 Å². The maximum atomic E-state index is 13.1. The van der Waals surface area contributed by atoms with Gasteiger partial charge in [-0.05, 0) is 31.0 Å². The van der Waals surface area contributed by atoms with E-state index in [1.807, 2.05) is 25.7 Å². The minimum Gasteiger partial charge on any atom is -0.378 e. The van der Waals surface area contributed by atoms with Crippen LogP contribution in [0, 0.1) is 5.92 Å². The van der Waals surface area contributed by atoms with E-state index >= 15 is 0 Å². The van der Waals surface area contributed by atoms with Crippen molar-refractivity contribution >= 4 is 17.3 Å². The molecule has 0 unspecified atom stereocenters. The Hall–Kier alpha value is -1.80. The summed E-state index contributed by atoms with van der Waals surface area (Å²) in [5.41, 5.74) is -0.0365. The van der Waals surface area contributed by atoms with Crippen molar-refractivity contribution in [1.29, 1.82) is 0 Å². The summed E-state index contributed by atoms with van der Waals surface area (Å²) < 4.78 is 44.5. The van der Waals surface area contributed by atoms with Crippen LogP contribution in [-0.4, -0.2) is 44.8 Å². The van der Waals surface area contributed by atoms with E-state index in [0.29, 0.717) is 37.9 Å². The van der Waals surface area contributed by atoms with Crippen molar-refractivity contribution in [2.45, 2.75) is 33.0 Å². The molecule has 5 nitrogen and oxygen atoms in total. The smallest absolute Gasteiger partial charge is 0.378 e. The SMILES string of the molecule is CC(C)[C@H](C)NCC(=O)Nc1cc(C(F)(F)F)ccc1N1CCOCC1. The molecule has 2 N–H and O–H groups in total. The summed E-state index contributed by atoms with van der Waals surface area (Å²) in [4.78, 5) is 14.2. The number of nitrogens with one attached hydrogen (secondary N) is 2. The van der Waals surface area contributed by atoms with Crippen LogP contribution in [0.25, 0.3) is 0 Å². The van der Waals surface area contributed by atoms with Crippen LogP contribution in [0.2, 0.25) is 0 Å². The van der Waals surface area contributed by atoms with Crippen LogP contribution < -0.4 is 15.5 Å². The quantitative estimate of drug-likeness (QED) is 0.805. The number of carbonyl (C=O) groups excluding carboxylic acids is 1. The average molecular weight is 373 g/mol. The second-order valence-electron chi connectivity index (χ2n) is 6.79. The summed E-state index contributed by atoms with van der Waals surface area (Å²) in [7, 11) is 0. The zero-order chi connectivity index (χ0) is 19.3. The molecule has 1 heterocycles. The molecule has 26 heavy (non-hydrogen) atoms. The number of rotatable bonds is 6. The number of ether oxygens (including phenoxy) is 1. The fourth-order valence-corrected chi connectivity index (χ4v) is 2.58. The van der Waals surface area contributed by atoms with Crippen LogP contribution in [0.3, 0.4) is 0 Å². The van der Waals surface area contributed by atoms with Gasteiger partial charge in [0.25, 0.3) is 0 Å². The van der Waals surface area contributed by atoms with Crippen LogP contribution in [0.1, 0.15) is 26.3 Å². The van der Waals surface area contributed by atoms with Gasteiger partial charge in [0, 0.05) is 19.1 Å². The van der Waals surface area contributed by atoms with E-state index in [0.717, 1.165) is 12.1 Å². The Kier molecular flexibility index (Phi) is 6.88. The number of halogens is 3. The highest BCUT2D eigenvalue weighted by Gasteiger charge is 2.32. The van der Waals surface area contributed by atoms with Crippen LogP contribution in [0.15, 0.2) is 18.2 Å². The molecule has 0 aliphatic carbocycles. The molecule has 1 aromatic carbocycles. The lowest BCUT2D eigenvalue weighted by atomic mass is 10.1. The Morgan fingerprint density at radius 2 is 1.88 bits per heavy atom. The summed E-state index contributed by atoms with van der Waals surface area (Å²) in [5, 5.41) is 5.71. The molecule has 1 aliphatic heterocycles. The number of nitrogens with zero attached hydrogens (tertiary/aromatic N) is 1. The molecular formula is C18H26F3N3O2. The lowest BCUT2D eigenvalue weighted by Gasteiger charge is -2.31. The first-order valence-electron chi connectivity index (χ1n) is 8.75. The van der Waals surface area contributed by atoms with Crippen molar-refractivity contribution < 1.29 is 22.7 Å². The second-order valence-corrected chi connectivity index (χ2v) is 6.79. The Balaban J connectivity index is 2.18. The van der Waals surface area contributed by atoms with Crippen LogP contribution >= 0.6 is 0 Å². The van der Waals surface area contributed by atoms with E-state index in [-0.39, 0.29) is 24.2 Å². The highest BCUT2D eigenvalue weighted by molar-refractivity contribution is 5.95. The van der Waals surface area contributed by atoms with Gasteiger partial charge >= 0.3 is 6.18 Å². The number of hydrogen-bond acceptors (Lipinski definition) is 4. The number of morpholine rings is 1. The Bertz CT molecular complexity index is 614. The summed E-state index contributed by atoms with van der Waals surface area (Å²) in [6.07, 6.45) is -4.46. The standard InChI is InChI=1S/C18H26F3N3O2/c1-12(2)13(3)22-11-17(25)23-15-10-14(18(19,20)21)4-5-16(15)24-6-8-26-9-7-24/h4-5,10,12-13,22H,6-9,11H2,1-3H3,(H,23,25)/t13-/m0/s1. The Morgan fingerprint density at radius 1 is 1.23 bits per heavy atom. The largest absolute Gasteiger partial charge is 0.416 e. The van der Waals surface area contributed by atoms with Crippen molar-refractivity contribution in [2.75, 3.05) is 43.1 Å². The first kappa shape index (κ1) is 20.5. The first-order valence-corrected chi connectivity index (χ1v) is 8.75. The molecule has 1 saturated heterocycles. The first-order chi connectivity index (χ1) is 12.2. The van der Waals surface area contributed by atoms with Gasteiger partial charge in [0.1, 0.15) is 0 Å². The maximum Gasteiger partial charge on any atom is 0.416 e. The molecule has 0 bridgehead atoms. The molecule has 8 heteroatoms. The van der Waals surface area contributed by atoms with Crippen LogP contribution in [-0.2, 0) is 15.7 Å². The third kappa shape index (κ3) is 5.60. The molecule has 1 atom stereocenters. The number of hydrogen-bond donors (Lipinski definition) is 2. The zero-order valence-electron chi connectivity index (χ0n) is 15.3. The topological polar surface area (TPSA) is 53.6 Å². The lowest BCUT2D eigenvalue weighted by molar-refractivity contribution is -0.137. The molecule has 0 spiro atoms. The van der Waals surface area contributed by atoms with E-state index in [9.17, 15) is 18.0 Å². The van der Waals surface area contributed by atoms with Crippen molar-refractivity contribution in [3.8, 4) is 0 Å². The Morgan fingerprint density at radius 3 is 2.46 bits per heavy atom. The van der Waals surface area contributed by atoms with E-state index in [4.69, 9.17) is 4.74 Å². The number of alkyl halides is 3. The molecule has 1 aliphatic rings. The van der Waals surface area contributed by atoms with E-state index in [1.165, 1.54) is 6.07 Å². The molecule has 146 valence electrons. The molecule has 1 aromatic rings. The molecule has 1 amide bonds. The van der Waals surface area contributed by atoms with E-state index < -0.39 is 11.7 Å². The van der Waals surface area contributed by atoms with Gasteiger partial charge in [-0.25, -0.2) is 0 Å². The van der Waals surface area contributed by atoms with E-state index in [1.54, 1.807) is 0 Å². The molecular weight excluding hydrogens is 347 g/mol. The van der Waals surface area contributed by atoms with Crippen LogP contribution in [0.4, 0.5) is 24.5 Å². The minimum atomic E-state index is -4.46. The van der Waals surface area contributed by atoms with Gasteiger partial charge in [0.15, 0.2) is 0 Å². The van der Waals surface area contributed by atoms with Crippen molar-refractivity contribution in [1.82, 2.24) is 5.32 Å². The number of benzene rings is 1. The van der Waals surface area contributed by atoms with Crippen LogP contribution in [0.5, 0.6) is 0 Å². The maximum absolute atomic E-state index is 13.1. The van der Waals surface area contributed by atoms with Gasteiger partial charge < -0.3 is 20.3 Å². The van der Waals surface area contributed by atoms with Crippen molar-refractivity contribution in [3.63, 3.8) is 0 Å². The number of amides is 1. The van der Waals surface area contributed by atoms with Crippen molar-refractivity contribution in [3.05, 3.63) is 23.8 Å². The average Bonchev–Trinajstić information content (AvgIpc) is 2.59. The summed E-state index contributed by atoms with van der Waals surface area (Å²) in [5.74, 6) is -0.0217. The third-order valence-electron chi connectivity index (χ3n) is 4.53. The molecule has 0 radical (unpaired) electrons. The van der Waals surface area contributed by atoms with Gasteiger partial charge in [-0.3, -0.25) is 4.79 Å². The monoisotopic (exact) mass is 373 g/mol. The normalized spacial score (nSPS) is 16.7. The lowest BCUT2D eigenvalue weighted by Crippen LogP contribution is -2.38. The summed E-state index contributed by atoms with van der Waals surface area (Å²) in [6.45, 7) is 8.19. The molecule has 2 rings (SSSR count). The van der Waals surface area contributed by atoms with Gasteiger partial charge in [-0.1, -0.05) is 13.8 Å². The molecule has 1 fully saturated rings. The summed E-state index contributed by atoms with van der Waals surface area (Å²) in [6, 6.07) is 3.57. The second kappa shape index (κ2) is 8.73. The number of anilines is 2. The summed E-state index contributed by atoms with van der Waals surface area (Å²) >= 11 is 0. The molecule has 0 saturated carbocycles. The van der Waals surface area contributed by atoms with Crippen molar-refractivity contribution in [2.24, 2.45) is 5.92 Å². The Labute approximate surface area is 151 Å². The van der Waals surface area contributed by atoms with E-state index in [2.05, 4.69) is 10.6 Å². The number of carbonyl (C=O) groups is 1. The highest BCUT2D eigenvalue weighted by Crippen LogP contribution is 2.35. The minimum absolute atomic E-state index is 0.0398. The van der Waals surface area contributed by atoms with Gasteiger partial charge in [-0.2, -0.15) is 13.2 Å². The van der Waals surface area contributed by atoms with Gasteiger partial charge in [-0.15, -0.1) is 0 Å². The predicted molar refractivity (Wildman–Crippen MR) is 95.4 cm³/mol. The van der Waals surface area contributed by atoms with Gasteiger partial charge in [0.05, 0.1) is 36.7 Å².